The lowest BCUT2D eigenvalue weighted by Gasteiger charge is -2.44. The molecule has 0 radical (unpaired) electrons. The van der Waals surface area contributed by atoms with Crippen LogP contribution in [0.4, 0.5) is 4.39 Å². The number of hydrogen-bond acceptors (Lipinski definition) is 1. The Morgan fingerprint density at radius 2 is 2.05 bits per heavy atom. The van der Waals surface area contributed by atoms with Gasteiger partial charge in [0.15, 0.2) is 0 Å². The van der Waals surface area contributed by atoms with Gasteiger partial charge in [0.25, 0.3) is 0 Å². The van der Waals surface area contributed by atoms with E-state index in [1.54, 1.807) is 6.07 Å². The molecule has 1 aromatic carbocycles. The zero-order chi connectivity index (χ0) is 15.6. The summed E-state index contributed by atoms with van der Waals surface area (Å²) < 4.78 is 14.5. The van der Waals surface area contributed by atoms with Crippen LogP contribution in [0.3, 0.4) is 0 Å². The van der Waals surface area contributed by atoms with Gasteiger partial charge in [0, 0.05) is 10.5 Å². The van der Waals surface area contributed by atoms with Crippen molar-refractivity contribution in [2.45, 2.75) is 52.5 Å². The first-order chi connectivity index (χ1) is 9.83. The van der Waals surface area contributed by atoms with Gasteiger partial charge < -0.3 is 5.32 Å². The molecule has 3 unspecified atom stereocenters. The molecule has 1 saturated carbocycles. The fraction of sp³-hybridized carbons (Fsp3) is 0.667. The number of nitrogens with one attached hydrogen (secondary N) is 1. The summed E-state index contributed by atoms with van der Waals surface area (Å²) in [4.78, 5) is 0. The molecule has 0 aromatic heterocycles. The van der Waals surface area contributed by atoms with E-state index in [1.165, 1.54) is 25.3 Å². The summed E-state index contributed by atoms with van der Waals surface area (Å²) in [5.74, 6) is 1.29. The molecule has 1 nitrogen and oxygen atoms in total. The first kappa shape index (κ1) is 17.0. The average molecular weight is 356 g/mol. The third-order valence-electron chi connectivity index (χ3n) is 5.14. The van der Waals surface area contributed by atoms with E-state index < -0.39 is 0 Å². The molecule has 2 rings (SSSR count). The second-order valence-corrected chi connectivity index (χ2v) is 8.18. The lowest BCUT2D eigenvalue weighted by molar-refractivity contribution is 0.0979. The minimum Gasteiger partial charge on any atom is -0.317 e. The van der Waals surface area contributed by atoms with Gasteiger partial charge in [-0.1, -0.05) is 43.1 Å². The maximum atomic E-state index is 13.5. The topological polar surface area (TPSA) is 12.0 Å². The predicted octanol–water partition coefficient (Wildman–Crippen LogP) is 5.18. The van der Waals surface area contributed by atoms with Crippen molar-refractivity contribution in [3.63, 3.8) is 0 Å². The first-order valence-electron chi connectivity index (χ1n) is 7.94. The minimum atomic E-state index is -0.147. The summed E-state index contributed by atoms with van der Waals surface area (Å²) in [5.41, 5.74) is 1.23. The average Bonchev–Trinajstić information content (AvgIpc) is 2.42. The molecule has 0 bridgehead atoms. The Morgan fingerprint density at radius 1 is 1.33 bits per heavy atom. The Bertz CT molecular complexity index is 486. The van der Waals surface area contributed by atoms with Crippen LogP contribution < -0.4 is 5.32 Å². The molecule has 0 spiro atoms. The van der Waals surface area contributed by atoms with Crippen molar-refractivity contribution in [3.8, 4) is 0 Å². The molecule has 1 aliphatic carbocycles. The van der Waals surface area contributed by atoms with Gasteiger partial charge in [0.1, 0.15) is 5.82 Å². The quantitative estimate of drug-likeness (QED) is 0.784. The van der Waals surface area contributed by atoms with Gasteiger partial charge >= 0.3 is 0 Å². The fourth-order valence-electron chi connectivity index (χ4n) is 3.94. The van der Waals surface area contributed by atoms with Crippen LogP contribution in [0.1, 0.15) is 45.6 Å². The maximum Gasteiger partial charge on any atom is 0.123 e. The molecule has 0 amide bonds. The molecule has 21 heavy (non-hydrogen) atoms. The smallest absolute Gasteiger partial charge is 0.123 e. The Balaban J connectivity index is 2.18. The summed E-state index contributed by atoms with van der Waals surface area (Å²) in [7, 11) is 2.07. The molecule has 0 aliphatic heterocycles. The molecule has 0 saturated heterocycles. The van der Waals surface area contributed by atoms with Crippen molar-refractivity contribution in [2.24, 2.45) is 17.3 Å². The van der Waals surface area contributed by atoms with Crippen LogP contribution in [0.2, 0.25) is 0 Å². The van der Waals surface area contributed by atoms with Gasteiger partial charge in [0.05, 0.1) is 0 Å². The van der Waals surface area contributed by atoms with E-state index in [4.69, 9.17) is 0 Å². The van der Waals surface area contributed by atoms with Crippen molar-refractivity contribution in [3.05, 3.63) is 34.1 Å². The number of hydrogen-bond donors (Lipinski definition) is 1. The molecule has 0 heterocycles. The van der Waals surface area contributed by atoms with Gasteiger partial charge in [0.2, 0.25) is 0 Å². The van der Waals surface area contributed by atoms with E-state index >= 15 is 0 Å². The molecule has 3 heteroatoms. The summed E-state index contributed by atoms with van der Waals surface area (Å²) in [6.45, 7) is 7.00. The van der Waals surface area contributed by atoms with Crippen molar-refractivity contribution >= 4 is 15.9 Å². The van der Waals surface area contributed by atoms with E-state index in [9.17, 15) is 4.39 Å². The highest BCUT2D eigenvalue weighted by Crippen LogP contribution is 2.43. The van der Waals surface area contributed by atoms with E-state index in [2.05, 4.69) is 49.1 Å². The molecular weight excluding hydrogens is 329 g/mol. The van der Waals surface area contributed by atoms with Crippen LogP contribution in [0, 0.1) is 23.1 Å². The van der Waals surface area contributed by atoms with Crippen LogP contribution in [-0.2, 0) is 6.42 Å². The zero-order valence-electron chi connectivity index (χ0n) is 13.5. The molecule has 1 aromatic rings. The molecule has 1 fully saturated rings. The van der Waals surface area contributed by atoms with Crippen LogP contribution >= 0.6 is 15.9 Å². The number of benzene rings is 1. The normalized spacial score (nSPS) is 26.9. The standard InChI is InChI=1S/C18H27BrFN/c1-12-5-7-15(17(9-12)21-4)18(2,3)11-13-10-14(20)6-8-16(13)19/h6,8,10,12,15,17,21H,5,7,9,11H2,1-4H3. The van der Waals surface area contributed by atoms with Crippen molar-refractivity contribution in [1.82, 2.24) is 5.32 Å². The third-order valence-corrected chi connectivity index (χ3v) is 5.91. The van der Waals surface area contributed by atoms with Gasteiger partial charge in [-0.05, 0) is 67.3 Å². The van der Waals surface area contributed by atoms with Crippen molar-refractivity contribution in [2.75, 3.05) is 7.05 Å². The van der Waals surface area contributed by atoms with Crippen LogP contribution in [-0.4, -0.2) is 13.1 Å². The van der Waals surface area contributed by atoms with Gasteiger partial charge in [-0.15, -0.1) is 0 Å². The van der Waals surface area contributed by atoms with E-state index in [0.717, 1.165) is 22.4 Å². The zero-order valence-corrected chi connectivity index (χ0v) is 15.1. The van der Waals surface area contributed by atoms with Crippen LogP contribution in [0.25, 0.3) is 0 Å². The second kappa shape index (κ2) is 6.78. The van der Waals surface area contributed by atoms with Gasteiger partial charge in [-0.2, -0.15) is 0 Å². The third kappa shape index (κ3) is 4.07. The van der Waals surface area contributed by atoms with Crippen molar-refractivity contribution in [1.29, 1.82) is 0 Å². The Kier molecular flexibility index (Phi) is 5.48. The van der Waals surface area contributed by atoms with Crippen LogP contribution in [0.5, 0.6) is 0 Å². The summed E-state index contributed by atoms with van der Waals surface area (Å²) in [6.07, 6.45) is 4.71. The van der Waals surface area contributed by atoms with Gasteiger partial charge in [-0.3, -0.25) is 0 Å². The fourth-order valence-corrected chi connectivity index (χ4v) is 4.32. The Labute approximate surface area is 136 Å². The lowest BCUT2D eigenvalue weighted by atomic mass is 9.64. The number of rotatable bonds is 4. The highest BCUT2D eigenvalue weighted by molar-refractivity contribution is 9.10. The molecule has 1 N–H and O–H groups in total. The first-order valence-corrected chi connectivity index (χ1v) is 8.74. The highest BCUT2D eigenvalue weighted by Gasteiger charge is 2.38. The predicted molar refractivity (Wildman–Crippen MR) is 90.9 cm³/mol. The Hall–Kier alpha value is -0.410. The summed E-state index contributed by atoms with van der Waals surface area (Å²) in [5, 5.41) is 3.52. The number of halogens is 2. The molecule has 118 valence electrons. The van der Waals surface area contributed by atoms with Crippen LogP contribution in [0.15, 0.2) is 22.7 Å². The molecule has 1 aliphatic rings. The van der Waals surface area contributed by atoms with E-state index in [-0.39, 0.29) is 11.2 Å². The SMILES string of the molecule is CNC1CC(C)CCC1C(C)(C)Cc1cc(F)ccc1Br. The second-order valence-electron chi connectivity index (χ2n) is 7.32. The Morgan fingerprint density at radius 3 is 2.71 bits per heavy atom. The van der Waals surface area contributed by atoms with E-state index in [1.807, 2.05) is 6.07 Å². The largest absolute Gasteiger partial charge is 0.317 e. The maximum absolute atomic E-state index is 13.5. The van der Waals surface area contributed by atoms with E-state index in [0.29, 0.717) is 12.0 Å². The lowest BCUT2D eigenvalue weighted by Crippen LogP contribution is -2.46. The highest BCUT2D eigenvalue weighted by atomic mass is 79.9. The van der Waals surface area contributed by atoms with Gasteiger partial charge in [-0.25, -0.2) is 4.39 Å². The summed E-state index contributed by atoms with van der Waals surface area (Å²) >= 11 is 3.57. The monoisotopic (exact) mass is 355 g/mol. The minimum absolute atomic E-state index is 0.147. The molecule has 3 atom stereocenters. The van der Waals surface area contributed by atoms with Crippen molar-refractivity contribution < 1.29 is 4.39 Å². The summed E-state index contributed by atoms with van der Waals surface area (Å²) in [6, 6.07) is 5.57. The molecular formula is C18H27BrFN.